The molecule has 2 atom stereocenters. The normalized spacial score (nSPS) is 30.8. The maximum Gasteiger partial charge on any atom is 0.327 e. The molecule has 2 fully saturated rings. The Labute approximate surface area is 96.8 Å². The highest BCUT2D eigenvalue weighted by molar-refractivity contribution is 8.01. The minimum Gasteiger partial charge on any atom is -0.480 e. The lowest BCUT2D eigenvalue weighted by Crippen LogP contribution is -2.45. The predicted molar refractivity (Wildman–Crippen MR) is 61.1 cm³/mol. The van der Waals surface area contributed by atoms with Crippen molar-refractivity contribution in [2.24, 2.45) is 0 Å². The van der Waals surface area contributed by atoms with Gasteiger partial charge in [0.2, 0.25) is 5.91 Å². The number of hydrogen-bond acceptors (Lipinski definition) is 4. The van der Waals surface area contributed by atoms with Crippen LogP contribution in [0.4, 0.5) is 0 Å². The second kappa shape index (κ2) is 4.65. The van der Waals surface area contributed by atoms with Crippen molar-refractivity contribution in [3.8, 4) is 0 Å². The van der Waals surface area contributed by atoms with E-state index >= 15 is 0 Å². The standard InChI is InChI=1S/C9H13NO3S2/c11-8(7-2-1-3-15-7)10-5-14-4-6(10)9(12)13/h6-7H,1-5H2,(H,12,13)/t6-,7?/m0/s1. The molecule has 0 radical (unpaired) electrons. The zero-order valence-electron chi connectivity index (χ0n) is 8.22. The average molecular weight is 247 g/mol. The third kappa shape index (κ3) is 2.25. The number of nitrogens with zero attached hydrogens (tertiary/aromatic N) is 1. The Hall–Kier alpha value is -0.360. The summed E-state index contributed by atoms with van der Waals surface area (Å²) < 4.78 is 0. The third-order valence-corrected chi connectivity index (χ3v) is 5.03. The van der Waals surface area contributed by atoms with E-state index in [9.17, 15) is 9.59 Å². The van der Waals surface area contributed by atoms with Gasteiger partial charge in [0.05, 0.1) is 11.1 Å². The van der Waals surface area contributed by atoms with Crippen molar-refractivity contribution in [3.05, 3.63) is 0 Å². The van der Waals surface area contributed by atoms with Crippen LogP contribution in [0.25, 0.3) is 0 Å². The molecule has 0 spiro atoms. The topological polar surface area (TPSA) is 57.6 Å². The molecule has 15 heavy (non-hydrogen) atoms. The van der Waals surface area contributed by atoms with Crippen molar-refractivity contribution in [3.63, 3.8) is 0 Å². The first-order valence-electron chi connectivity index (χ1n) is 4.93. The fourth-order valence-corrected chi connectivity index (χ4v) is 4.21. The molecule has 1 unspecified atom stereocenters. The Morgan fingerprint density at radius 3 is 2.80 bits per heavy atom. The fraction of sp³-hybridized carbons (Fsp3) is 0.778. The molecule has 2 aliphatic heterocycles. The Bertz CT molecular complexity index is 279. The van der Waals surface area contributed by atoms with E-state index in [0.717, 1.165) is 18.6 Å². The van der Waals surface area contributed by atoms with E-state index in [1.165, 1.54) is 16.7 Å². The van der Waals surface area contributed by atoms with Crippen LogP contribution < -0.4 is 0 Å². The molecular weight excluding hydrogens is 234 g/mol. The molecule has 0 aliphatic carbocycles. The lowest BCUT2D eigenvalue weighted by molar-refractivity contribution is -0.147. The monoisotopic (exact) mass is 247 g/mol. The van der Waals surface area contributed by atoms with E-state index in [0.29, 0.717) is 11.6 Å². The largest absolute Gasteiger partial charge is 0.480 e. The summed E-state index contributed by atoms with van der Waals surface area (Å²) in [5.74, 6) is 1.23. The lowest BCUT2D eigenvalue weighted by atomic mass is 10.2. The molecule has 2 saturated heterocycles. The van der Waals surface area contributed by atoms with Gasteiger partial charge in [-0.3, -0.25) is 4.79 Å². The fourth-order valence-electron chi connectivity index (χ4n) is 1.82. The van der Waals surface area contributed by atoms with Gasteiger partial charge in [0.1, 0.15) is 6.04 Å². The minimum atomic E-state index is -0.878. The highest BCUT2D eigenvalue weighted by atomic mass is 32.2. The number of carbonyl (C=O) groups excluding carboxylic acids is 1. The molecule has 1 amide bonds. The van der Waals surface area contributed by atoms with Gasteiger partial charge in [0.25, 0.3) is 0 Å². The van der Waals surface area contributed by atoms with Gasteiger partial charge >= 0.3 is 5.97 Å². The van der Waals surface area contributed by atoms with Crippen LogP contribution in [0.1, 0.15) is 12.8 Å². The molecule has 2 rings (SSSR count). The quantitative estimate of drug-likeness (QED) is 0.784. The van der Waals surface area contributed by atoms with Gasteiger partial charge in [-0.25, -0.2) is 4.79 Å². The SMILES string of the molecule is O=C(O)[C@@H]1CSCN1C(=O)C1CCCS1. The second-order valence-corrected chi connectivity index (χ2v) is 5.97. The molecule has 0 bridgehead atoms. The Balaban J connectivity index is 2.02. The van der Waals surface area contributed by atoms with E-state index in [4.69, 9.17) is 5.11 Å². The third-order valence-electron chi connectivity index (χ3n) is 2.66. The Morgan fingerprint density at radius 2 is 2.20 bits per heavy atom. The van der Waals surface area contributed by atoms with Gasteiger partial charge in [-0.15, -0.1) is 23.5 Å². The van der Waals surface area contributed by atoms with Crippen molar-refractivity contribution < 1.29 is 14.7 Å². The molecule has 2 aliphatic rings. The van der Waals surface area contributed by atoms with Gasteiger partial charge in [-0.2, -0.15) is 0 Å². The van der Waals surface area contributed by atoms with Crippen molar-refractivity contribution in [2.75, 3.05) is 17.4 Å². The van der Waals surface area contributed by atoms with Crippen molar-refractivity contribution >= 4 is 35.4 Å². The van der Waals surface area contributed by atoms with Crippen LogP contribution in [-0.4, -0.2) is 50.6 Å². The number of hydrogen-bond donors (Lipinski definition) is 1. The van der Waals surface area contributed by atoms with Crippen molar-refractivity contribution in [2.45, 2.75) is 24.1 Å². The number of amides is 1. The summed E-state index contributed by atoms with van der Waals surface area (Å²) >= 11 is 3.18. The van der Waals surface area contributed by atoms with Gasteiger partial charge in [0.15, 0.2) is 0 Å². The smallest absolute Gasteiger partial charge is 0.327 e. The number of carboxylic acids is 1. The number of aliphatic carboxylic acids is 1. The van der Waals surface area contributed by atoms with Crippen LogP contribution in [0.5, 0.6) is 0 Å². The molecule has 6 heteroatoms. The van der Waals surface area contributed by atoms with Gasteiger partial charge in [-0.1, -0.05) is 0 Å². The number of rotatable bonds is 2. The molecule has 0 aromatic rings. The van der Waals surface area contributed by atoms with E-state index in [1.54, 1.807) is 11.8 Å². The summed E-state index contributed by atoms with van der Waals surface area (Å²) in [6.45, 7) is 0. The highest BCUT2D eigenvalue weighted by Gasteiger charge is 2.38. The highest BCUT2D eigenvalue weighted by Crippen LogP contribution is 2.31. The number of carboxylic acid groups (broad SMARTS) is 1. The number of thioether (sulfide) groups is 2. The molecule has 84 valence electrons. The maximum absolute atomic E-state index is 12.0. The number of carbonyl (C=O) groups is 2. The first-order valence-corrected chi connectivity index (χ1v) is 7.13. The molecule has 0 saturated carbocycles. The molecule has 2 heterocycles. The minimum absolute atomic E-state index is 0.00514. The van der Waals surface area contributed by atoms with E-state index in [1.807, 2.05) is 0 Å². The van der Waals surface area contributed by atoms with Crippen LogP contribution in [0.3, 0.4) is 0 Å². The van der Waals surface area contributed by atoms with Gasteiger partial charge in [0, 0.05) is 5.75 Å². The zero-order chi connectivity index (χ0) is 10.8. The van der Waals surface area contributed by atoms with Gasteiger partial charge in [-0.05, 0) is 18.6 Å². The summed E-state index contributed by atoms with van der Waals surface area (Å²) in [5.41, 5.74) is 0. The average Bonchev–Trinajstić information content (AvgIpc) is 2.88. The van der Waals surface area contributed by atoms with Crippen LogP contribution >= 0.6 is 23.5 Å². The zero-order valence-corrected chi connectivity index (χ0v) is 9.85. The van der Waals surface area contributed by atoms with E-state index in [-0.39, 0.29) is 11.2 Å². The first kappa shape index (κ1) is 11.1. The first-order chi connectivity index (χ1) is 7.20. The maximum atomic E-state index is 12.0. The van der Waals surface area contributed by atoms with Crippen molar-refractivity contribution in [1.82, 2.24) is 4.90 Å². The van der Waals surface area contributed by atoms with Crippen molar-refractivity contribution in [1.29, 1.82) is 0 Å². The Morgan fingerprint density at radius 1 is 1.40 bits per heavy atom. The van der Waals surface area contributed by atoms with Gasteiger partial charge < -0.3 is 10.0 Å². The molecule has 4 nitrogen and oxygen atoms in total. The summed E-state index contributed by atoms with van der Waals surface area (Å²) in [5, 5.41) is 8.97. The molecule has 0 aromatic heterocycles. The summed E-state index contributed by atoms with van der Waals surface area (Å²) in [6.07, 6.45) is 1.97. The van der Waals surface area contributed by atoms with Crippen LogP contribution in [0.2, 0.25) is 0 Å². The summed E-state index contributed by atoms with van der Waals surface area (Å²) in [6, 6.07) is -0.608. The molecule has 1 N–H and O–H groups in total. The van der Waals surface area contributed by atoms with E-state index < -0.39 is 12.0 Å². The lowest BCUT2D eigenvalue weighted by Gasteiger charge is -2.23. The molecular formula is C9H13NO3S2. The van der Waals surface area contributed by atoms with Crippen LogP contribution in [-0.2, 0) is 9.59 Å². The predicted octanol–water partition coefficient (Wildman–Crippen LogP) is 0.868. The van der Waals surface area contributed by atoms with Crippen LogP contribution in [0.15, 0.2) is 0 Å². The van der Waals surface area contributed by atoms with Crippen LogP contribution in [0, 0.1) is 0 Å². The second-order valence-electron chi connectivity index (χ2n) is 3.66. The summed E-state index contributed by atoms with van der Waals surface area (Å²) in [7, 11) is 0. The van der Waals surface area contributed by atoms with E-state index in [2.05, 4.69) is 0 Å². The molecule has 0 aromatic carbocycles. The summed E-state index contributed by atoms with van der Waals surface area (Å²) in [4.78, 5) is 24.4. The Kier molecular flexibility index (Phi) is 3.45.